The molecule has 19 heavy (non-hydrogen) atoms. The van der Waals surface area contributed by atoms with E-state index < -0.39 is 0 Å². The van der Waals surface area contributed by atoms with Crippen molar-refractivity contribution < 1.29 is 0 Å². The van der Waals surface area contributed by atoms with Crippen molar-refractivity contribution in [1.82, 2.24) is 10.2 Å². The first-order valence-corrected chi connectivity index (χ1v) is 8.25. The Morgan fingerprint density at radius 1 is 1.11 bits per heavy atom. The Hall–Kier alpha value is -0.0800. The van der Waals surface area contributed by atoms with Gasteiger partial charge in [-0.05, 0) is 77.4 Å². The van der Waals surface area contributed by atoms with Crippen LogP contribution in [0.4, 0.5) is 0 Å². The van der Waals surface area contributed by atoms with Crippen LogP contribution in [0.1, 0.15) is 60.8 Å². The van der Waals surface area contributed by atoms with E-state index in [2.05, 4.69) is 51.8 Å². The van der Waals surface area contributed by atoms with E-state index in [1.54, 1.807) is 0 Å². The van der Waals surface area contributed by atoms with E-state index in [0.717, 1.165) is 24.3 Å². The number of nitrogens with one attached hydrogen (secondary N) is 1. The fourth-order valence-electron chi connectivity index (χ4n) is 3.02. The molecular formula is C17H36N2. The van der Waals surface area contributed by atoms with E-state index in [0.29, 0.717) is 0 Å². The number of hydrogen-bond donors (Lipinski definition) is 1. The van der Waals surface area contributed by atoms with Gasteiger partial charge in [-0.3, -0.25) is 0 Å². The summed E-state index contributed by atoms with van der Waals surface area (Å²) in [5, 5.41) is 3.63. The van der Waals surface area contributed by atoms with Gasteiger partial charge in [0.1, 0.15) is 0 Å². The summed E-state index contributed by atoms with van der Waals surface area (Å²) in [6, 6.07) is 0. The molecule has 1 rings (SSSR count). The molecule has 1 fully saturated rings. The lowest BCUT2D eigenvalue weighted by atomic mass is 9.89. The van der Waals surface area contributed by atoms with Crippen LogP contribution in [0.15, 0.2) is 0 Å². The summed E-state index contributed by atoms with van der Waals surface area (Å²) >= 11 is 0. The summed E-state index contributed by atoms with van der Waals surface area (Å²) in [6.45, 7) is 18.9. The van der Waals surface area contributed by atoms with Crippen molar-refractivity contribution in [2.75, 3.05) is 26.2 Å². The fraction of sp³-hybridized carbons (Fsp3) is 1.00. The van der Waals surface area contributed by atoms with Crippen LogP contribution in [-0.4, -0.2) is 36.6 Å². The molecule has 0 aliphatic carbocycles. The smallest absolute Gasteiger partial charge is 0.00966 e. The van der Waals surface area contributed by atoms with Crippen molar-refractivity contribution in [1.29, 1.82) is 0 Å². The maximum Gasteiger partial charge on any atom is 0.00966 e. The van der Waals surface area contributed by atoms with Crippen LogP contribution in [-0.2, 0) is 0 Å². The highest BCUT2D eigenvalue weighted by Crippen LogP contribution is 2.24. The third kappa shape index (κ3) is 7.31. The molecule has 2 heteroatoms. The maximum absolute atomic E-state index is 3.63. The highest BCUT2D eigenvalue weighted by molar-refractivity contribution is 4.76. The fourth-order valence-corrected chi connectivity index (χ4v) is 3.02. The SMILES string of the molecule is CC(CNC(C)(C)C)CN1CCCC(C(C)C)CC1. The van der Waals surface area contributed by atoms with Gasteiger partial charge < -0.3 is 10.2 Å². The number of nitrogens with zero attached hydrogens (tertiary/aromatic N) is 1. The molecule has 2 unspecified atom stereocenters. The molecule has 0 bridgehead atoms. The third-order valence-corrected chi connectivity index (χ3v) is 4.36. The van der Waals surface area contributed by atoms with Crippen LogP contribution >= 0.6 is 0 Å². The Balaban J connectivity index is 2.29. The first-order valence-electron chi connectivity index (χ1n) is 8.25. The maximum atomic E-state index is 3.63. The van der Waals surface area contributed by atoms with Crippen LogP contribution in [0.2, 0.25) is 0 Å². The molecule has 0 radical (unpaired) electrons. The van der Waals surface area contributed by atoms with Crippen molar-refractivity contribution in [3.05, 3.63) is 0 Å². The molecule has 1 aliphatic heterocycles. The van der Waals surface area contributed by atoms with Gasteiger partial charge in [0.25, 0.3) is 0 Å². The number of likely N-dealkylation sites (tertiary alicyclic amines) is 1. The van der Waals surface area contributed by atoms with Gasteiger partial charge in [0.2, 0.25) is 0 Å². The van der Waals surface area contributed by atoms with E-state index in [4.69, 9.17) is 0 Å². The second kappa shape index (κ2) is 7.64. The Kier molecular flexibility index (Phi) is 6.82. The van der Waals surface area contributed by atoms with Gasteiger partial charge in [0.05, 0.1) is 0 Å². The van der Waals surface area contributed by atoms with Gasteiger partial charge in [-0.25, -0.2) is 0 Å². The molecule has 0 aromatic heterocycles. The molecule has 0 aromatic carbocycles. The second-order valence-corrected chi connectivity index (χ2v) is 7.97. The van der Waals surface area contributed by atoms with Gasteiger partial charge in [-0.2, -0.15) is 0 Å². The van der Waals surface area contributed by atoms with Crippen LogP contribution < -0.4 is 5.32 Å². The highest BCUT2D eigenvalue weighted by atomic mass is 15.1. The van der Waals surface area contributed by atoms with Crippen molar-refractivity contribution in [3.63, 3.8) is 0 Å². The molecule has 0 amide bonds. The predicted octanol–water partition coefficient (Wildman–Crippen LogP) is 3.77. The minimum atomic E-state index is 0.246. The average Bonchev–Trinajstić information content (AvgIpc) is 2.51. The lowest BCUT2D eigenvalue weighted by molar-refractivity contribution is 0.228. The first-order chi connectivity index (χ1) is 8.78. The van der Waals surface area contributed by atoms with E-state index in [1.165, 1.54) is 38.9 Å². The van der Waals surface area contributed by atoms with Gasteiger partial charge in [0.15, 0.2) is 0 Å². The summed E-state index contributed by atoms with van der Waals surface area (Å²) in [6.07, 6.45) is 4.22. The largest absolute Gasteiger partial charge is 0.312 e. The molecule has 1 aliphatic rings. The van der Waals surface area contributed by atoms with E-state index in [-0.39, 0.29) is 5.54 Å². The van der Waals surface area contributed by atoms with E-state index >= 15 is 0 Å². The summed E-state index contributed by atoms with van der Waals surface area (Å²) in [4.78, 5) is 2.69. The average molecular weight is 268 g/mol. The number of hydrogen-bond acceptors (Lipinski definition) is 2. The zero-order valence-electron chi connectivity index (χ0n) is 14.1. The van der Waals surface area contributed by atoms with E-state index in [9.17, 15) is 0 Å². The molecule has 114 valence electrons. The van der Waals surface area contributed by atoms with Crippen LogP contribution in [0.25, 0.3) is 0 Å². The van der Waals surface area contributed by atoms with Gasteiger partial charge in [0, 0.05) is 12.1 Å². The topological polar surface area (TPSA) is 15.3 Å². The summed E-state index contributed by atoms with van der Waals surface area (Å²) in [5.74, 6) is 2.56. The Labute approximate surface area is 121 Å². The van der Waals surface area contributed by atoms with Crippen LogP contribution in [0.5, 0.6) is 0 Å². The third-order valence-electron chi connectivity index (χ3n) is 4.36. The normalized spacial score (nSPS) is 24.5. The monoisotopic (exact) mass is 268 g/mol. The Bertz CT molecular complexity index is 242. The zero-order chi connectivity index (χ0) is 14.5. The van der Waals surface area contributed by atoms with Crippen molar-refractivity contribution in [3.8, 4) is 0 Å². The highest BCUT2D eigenvalue weighted by Gasteiger charge is 2.20. The molecule has 1 saturated heterocycles. The molecule has 2 nitrogen and oxygen atoms in total. The molecular weight excluding hydrogens is 232 g/mol. The van der Waals surface area contributed by atoms with Crippen molar-refractivity contribution in [2.45, 2.75) is 66.3 Å². The van der Waals surface area contributed by atoms with Crippen molar-refractivity contribution in [2.24, 2.45) is 17.8 Å². The van der Waals surface area contributed by atoms with Crippen LogP contribution in [0.3, 0.4) is 0 Å². The minimum absolute atomic E-state index is 0.246. The Morgan fingerprint density at radius 3 is 2.37 bits per heavy atom. The molecule has 2 atom stereocenters. The van der Waals surface area contributed by atoms with Gasteiger partial charge in [-0.1, -0.05) is 20.8 Å². The lowest BCUT2D eigenvalue weighted by Crippen LogP contribution is -2.41. The van der Waals surface area contributed by atoms with E-state index in [1.807, 2.05) is 0 Å². The lowest BCUT2D eigenvalue weighted by Gasteiger charge is -2.28. The quantitative estimate of drug-likeness (QED) is 0.816. The van der Waals surface area contributed by atoms with Gasteiger partial charge in [-0.15, -0.1) is 0 Å². The standard InChI is InChI=1S/C17H36N2/c1-14(2)16-8-7-10-19(11-9-16)13-15(3)12-18-17(4,5)6/h14-16,18H,7-13H2,1-6H3. The zero-order valence-corrected chi connectivity index (χ0v) is 14.1. The second-order valence-electron chi connectivity index (χ2n) is 7.97. The first kappa shape index (κ1) is 17.0. The molecule has 0 spiro atoms. The predicted molar refractivity (Wildman–Crippen MR) is 85.5 cm³/mol. The molecule has 0 aromatic rings. The summed E-state index contributed by atoms with van der Waals surface area (Å²) < 4.78 is 0. The molecule has 1 N–H and O–H groups in total. The minimum Gasteiger partial charge on any atom is -0.312 e. The Morgan fingerprint density at radius 2 is 1.79 bits per heavy atom. The van der Waals surface area contributed by atoms with Gasteiger partial charge >= 0.3 is 0 Å². The summed E-state index contributed by atoms with van der Waals surface area (Å²) in [7, 11) is 0. The molecule has 0 saturated carbocycles. The van der Waals surface area contributed by atoms with Crippen molar-refractivity contribution >= 4 is 0 Å². The summed E-state index contributed by atoms with van der Waals surface area (Å²) in [5.41, 5.74) is 0.246. The number of rotatable bonds is 5. The molecule has 1 heterocycles. The van der Waals surface area contributed by atoms with Crippen LogP contribution in [0, 0.1) is 17.8 Å².